The molecule has 3 N–H and O–H groups in total. The zero-order chi connectivity index (χ0) is 13.2. The zero-order valence-electron chi connectivity index (χ0n) is 9.15. The third-order valence-electron chi connectivity index (χ3n) is 2.34. The van der Waals surface area contributed by atoms with Crippen molar-refractivity contribution >= 4 is 36.2 Å². The summed E-state index contributed by atoms with van der Waals surface area (Å²) >= 11 is 7.15. The van der Waals surface area contributed by atoms with E-state index in [0.717, 1.165) is 0 Å². The first kappa shape index (κ1) is 13.6. The van der Waals surface area contributed by atoms with Crippen LogP contribution >= 0.6 is 30.5 Å². The lowest BCUT2D eigenvalue weighted by Crippen LogP contribution is -2.10. The van der Waals surface area contributed by atoms with Gasteiger partial charge in [0.15, 0.2) is 5.78 Å². The third-order valence-corrected chi connectivity index (χ3v) is 4.40. The summed E-state index contributed by atoms with van der Waals surface area (Å²) in [6.45, 7) is 0. The lowest BCUT2D eigenvalue weighted by atomic mass is 10.3. The average Bonchev–Trinajstić information content (AvgIpc) is 2.80. The highest BCUT2D eigenvalue weighted by molar-refractivity contribution is 7.52. The molecule has 0 unspecified atom stereocenters. The second-order valence-electron chi connectivity index (χ2n) is 3.70. The van der Waals surface area contributed by atoms with E-state index < -0.39 is 13.4 Å². The van der Waals surface area contributed by atoms with Gasteiger partial charge in [0.25, 0.3) is 0 Å². The van der Waals surface area contributed by atoms with Crippen LogP contribution in [0.15, 0.2) is 41.1 Å². The molecule has 7 heteroatoms. The van der Waals surface area contributed by atoms with Gasteiger partial charge >= 0.3 is 7.60 Å². The molecule has 18 heavy (non-hydrogen) atoms. The predicted molar refractivity (Wildman–Crippen MR) is 74.2 cm³/mol. The third kappa shape index (κ3) is 3.34. The van der Waals surface area contributed by atoms with Crippen molar-refractivity contribution in [3.05, 3.63) is 51.7 Å². The Morgan fingerprint density at radius 1 is 1.22 bits per heavy atom. The summed E-state index contributed by atoms with van der Waals surface area (Å²) < 4.78 is 11.5. The van der Waals surface area contributed by atoms with Crippen molar-refractivity contribution in [2.75, 3.05) is 5.32 Å². The molecule has 1 heterocycles. The molecule has 2 rings (SSSR count). The van der Waals surface area contributed by atoms with Crippen LogP contribution < -0.4 is 5.32 Å². The Bertz CT molecular complexity index is 552. The van der Waals surface area contributed by atoms with Crippen LogP contribution in [0.2, 0.25) is 5.02 Å². The lowest BCUT2D eigenvalue weighted by molar-refractivity contribution is 0.363. The smallest absolute Gasteiger partial charge is 0.352 e. The molecule has 0 bridgehead atoms. The molecule has 0 fully saturated rings. The van der Waals surface area contributed by atoms with E-state index in [4.69, 9.17) is 11.6 Å². The van der Waals surface area contributed by atoms with Gasteiger partial charge in [0, 0.05) is 10.7 Å². The highest BCUT2D eigenvalue weighted by Gasteiger charge is 2.30. The summed E-state index contributed by atoms with van der Waals surface area (Å²) in [5, 5.41) is 6.90. The molecule has 0 amide bonds. The zero-order valence-corrected chi connectivity index (χ0v) is 11.6. The second-order valence-corrected chi connectivity index (χ2v) is 6.61. The Balaban J connectivity index is 2.26. The van der Waals surface area contributed by atoms with Gasteiger partial charge in [-0.05, 0) is 46.7 Å². The number of halogens is 1. The van der Waals surface area contributed by atoms with Gasteiger partial charge in [-0.15, -0.1) is 0 Å². The summed E-state index contributed by atoms with van der Waals surface area (Å²) in [6, 6.07) is 8.37. The molecule has 0 aliphatic rings. The molecule has 0 saturated carbocycles. The van der Waals surface area contributed by atoms with E-state index in [2.05, 4.69) is 5.32 Å². The van der Waals surface area contributed by atoms with Crippen molar-refractivity contribution in [2.45, 2.75) is 5.78 Å². The van der Waals surface area contributed by atoms with Gasteiger partial charge in [-0.3, -0.25) is 4.57 Å². The lowest BCUT2D eigenvalue weighted by Gasteiger charge is -2.20. The monoisotopic (exact) mass is 303 g/mol. The van der Waals surface area contributed by atoms with Gasteiger partial charge in [-0.2, -0.15) is 11.3 Å². The number of hydrogen-bond donors (Lipinski definition) is 3. The van der Waals surface area contributed by atoms with Gasteiger partial charge < -0.3 is 15.1 Å². The van der Waals surface area contributed by atoms with Gasteiger partial charge in [0.05, 0.1) is 0 Å². The highest BCUT2D eigenvalue weighted by Crippen LogP contribution is 2.52. The van der Waals surface area contributed by atoms with Crippen molar-refractivity contribution < 1.29 is 14.4 Å². The average molecular weight is 304 g/mol. The Morgan fingerprint density at radius 3 is 2.39 bits per heavy atom. The Hall–Kier alpha value is -0.840. The molecular weight excluding hydrogens is 293 g/mol. The second kappa shape index (κ2) is 5.43. The van der Waals surface area contributed by atoms with E-state index in [9.17, 15) is 14.4 Å². The topological polar surface area (TPSA) is 69.6 Å². The maximum Gasteiger partial charge on any atom is 0.352 e. The predicted octanol–water partition coefficient (Wildman–Crippen LogP) is 3.69. The molecule has 0 aliphatic heterocycles. The Kier molecular flexibility index (Phi) is 4.10. The molecule has 96 valence electrons. The van der Waals surface area contributed by atoms with E-state index in [1.165, 1.54) is 11.3 Å². The van der Waals surface area contributed by atoms with Crippen LogP contribution in [0.5, 0.6) is 0 Å². The summed E-state index contributed by atoms with van der Waals surface area (Å²) in [6.07, 6.45) is 0. The van der Waals surface area contributed by atoms with Crippen LogP contribution in [-0.2, 0) is 4.57 Å². The Labute approximate surface area is 113 Å². The fourth-order valence-corrected chi connectivity index (χ4v) is 3.28. The molecule has 0 saturated heterocycles. The normalized spacial score (nSPS) is 13.3. The minimum atomic E-state index is -4.28. The van der Waals surface area contributed by atoms with E-state index in [0.29, 0.717) is 16.3 Å². The standard InChI is InChI=1S/C11H11ClNO3PS/c12-9-1-3-10(4-2-9)13-11(17(14,15)16)8-5-6-18-7-8/h1-7,11,13H,(H2,14,15,16)/t11-/m1/s1. The first-order valence-electron chi connectivity index (χ1n) is 5.06. The number of hydrogen-bond acceptors (Lipinski definition) is 3. The number of nitrogens with one attached hydrogen (secondary N) is 1. The van der Waals surface area contributed by atoms with Gasteiger partial charge in [-0.1, -0.05) is 11.6 Å². The fourth-order valence-electron chi connectivity index (χ4n) is 1.50. The molecular formula is C11H11ClNO3PS. The largest absolute Gasteiger partial charge is 0.368 e. The van der Waals surface area contributed by atoms with Crippen LogP contribution in [-0.4, -0.2) is 9.79 Å². The summed E-state index contributed by atoms with van der Waals surface area (Å²) in [5.74, 6) is -1.04. The van der Waals surface area contributed by atoms with Crippen LogP contribution in [0.1, 0.15) is 11.3 Å². The summed E-state index contributed by atoms with van der Waals surface area (Å²) in [5.41, 5.74) is 1.18. The minimum absolute atomic E-state index is 0.572. The number of anilines is 1. The molecule has 1 atom stereocenters. The summed E-state index contributed by atoms with van der Waals surface area (Å²) in [7, 11) is -4.28. The maximum absolute atomic E-state index is 11.5. The van der Waals surface area contributed by atoms with E-state index in [1.807, 2.05) is 0 Å². The minimum Gasteiger partial charge on any atom is -0.368 e. The first-order valence-corrected chi connectivity index (χ1v) is 8.06. The number of rotatable bonds is 4. The molecule has 4 nitrogen and oxygen atoms in total. The van der Waals surface area contributed by atoms with Crippen molar-refractivity contribution in [3.8, 4) is 0 Å². The van der Waals surface area contributed by atoms with E-state index in [-0.39, 0.29) is 0 Å². The molecule has 1 aromatic heterocycles. The molecule has 0 radical (unpaired) electrons. The van der Waals surface area contributed by atoms with Crippen LogP contribution in [0, 0.1) is 0 Å². The van der Waals surface area contributed by atoms with Gasteiger partial charge in [0.1, 0.15) is 0 Å². The summed E-state index contributed by atoms with van der Waals surface area (Å²) in [4.78, 5) is 18.8. The van der Waals surface area contributed by atoms with E-state index in [1.54, 1.807) is 41.1 Å². The quantitative estimate of drug-likeness (QED) is 0.753. The molecule has 0 aliphatic carbocycles. The fraction of sp³-hybridized carbons (Fsp3) is 0.0909. The van der Waals surface area contributed by atoms with Crippen molar-refractivity contribution in [1.29, 1.82) is 0 Å². The highest BCUT2D eigenvalue weighted by atomic mass is 35.5. The van der Waals surface area contributed by atoms with Crippen LogP contribution in [0.25, 0.3) is 0 Å². The SMILES string of the molecule is O=P(O)(O)[C@@H](Nc1ccc(Cl)cc1)c1ccsc1. The van der Waals surface area contributed by atoms with Crippen molar-refractivity contribution in [3.63, 3.8) is 0 Å². The molecule has 0 spiro atoms. The molecule has 1 aromatic carbocycles. The number of thiophene rings is 1. The van der Waals surface area contributed by atoms with Crippen LogP contribution in [0.4, 0.5) is 5.69 Å². The van der Waals surface area contributed by atoms with Crippen molar-refractivity contribution in [2.24, 2.45) is 0 Å². The maximum atomic E-state index is 11.5. The van der Waals surface area contributed by atoms with Crippen molar-refractivity contribution in [1.82, 2.24) is 0 Å². The molecule has 2 aromatic rings. The first-order chi connectivity index (χ1) is 8.47. The van der Waals surface area contributed by atoms with Gasteiger partial charge in [-0.25, -0.2) is 0 Å². The van der Waals surface area contributed by atoms with E-state index >= 15 is 0 Å². The number of benzene rings is 1. The Morgan fingerprint density at radius 2 is 1.89 bits per heavy atom. The van der Waals surface area contributed by atoms with Crippen LogP contribution in [0.3, 0.4) is 0 Å². The van der Waals surface area contributed by atoms with Gasteiger partial charge in [0.2, 0.25) is 0 Å².